The van der Waals surface area contributed by atoms with Crippen LogP contribution in [0.1, 0.15) is 21.5 Å². The van der Waals surface area contributed by atoms with Crippen LogP contribution in [0.4, 0.5) is 4.39 Å². The van der Waals surface area contributed by atoms with Crippen molar-refractivity contribution in [3.8, 4) is 6.07 Å². The van der Waals surface area contributed by atoms with Crippen LogP contribution in [-0.2, 0) is 11.3 Å². The quantitative estimate of drug-likeness (QED) is 0.536. The lowest BCUT2D eigenvalue weighted by molar-refractivity contribution is -0.137. The highest BCUT2D eigenvalue weighted by atomic mass is 19.1. The Bertz CT molecular complexity index is 1110. The Hall–Kier alpha value is -3.99. The van der Waals surface area contributed by atoms with E-state index in [1.54, 1.807) is 41.1 Å². The number of para-hydroxylation sites is 1. The minimum Gasteiger partial charge on any atom is -0.480 e. The fourth-order valence-corrected chi connectivity index (χ4v) is 2.64. The van der Waals surface area contributed by atoms with Crippen LogP contribution < -0.4 is 5.43 Å². The normalized spacial score (nSPS) is 10.8. The van der Waals surface area contributed by atoms with Gasteiger partial charge < -0.3 is 9.67 Å². The van der Waals surface area contributed by atoms with E-state index in [1.807, 2.05) is 0 Å². The number of aliphatic carboxylic acids is 1. The summed E-state index contributed by atoms with van der Waals surface area (Å²) in [7, 11) is 0. The lowest BCUT2D eigenvalue weighted by Crippen LogP contribution is -2.19. The van der Waals surface area contributed by atoms with E-state index in [-0.39, 0.29) is 17.7 Å². The van der Waals surface area contributed by atoms with Crippen LogP contribution in [0.15, 0.2) is 53.8 Å². The van der Waals surface area contributed by atoms with Gasteiger partial charge in [-0.05, 0) is 24.3 Å². The molecule has 0 saturated carbocycles. The third-order valence-corrected chi connectivity index (χ3v) is 3.84. The first-order valence-corrected chi connectivity index (χ1v) is 7.82. The van der Waals surface area contributed by atoms with Crippen molar-refractivity contribution in [2.45, 2.75) is 6.54 Å². The molecule has 0 saturated heterocycles. The second kappa shape index (κ2) is 7.49. The smallest absolute Gasteiger partial charge is 0.323 e. The van der Waals surface area contributed by atoms with Gasteiger partial charge in [0.1, 0.15) is 12.4 Å². The number of carboxylic acids is 1. The maximum absolute atomic E-state index is 13.8. The van der Waals surface area contributed by atoms with Crippen molar-refractivity contribution >= 4 is 29.0 Å². The van der Waals surface area contributed by atoms with Crippen LogP contribution in [0.3, 0.4) is 0 Å². The summed E-state index contributed by atoms with van der Waals surface area (Å²) in [5.41, 5.74) is 3.41. The third-order valence-electron chi connectivity index (χ3n) is 3.84. The summed E-state index contributed by atoms with van der Waals surface area (Å²) in [4.78, 5) is 23.0. The van der Waals surface area contributed by atoms with Gasteiger partial charge in [-0.1, -0.05) is 18.2 Å². The van der Waals surface area contributed by atoms with Crippen molar-refractivity contribution in [3.05, 3.63) is 71.2 Å². The topological polar surface area (TPSA) is 107 Å². The number of hydrogen-bond acceptors (Lipinski definition) is 4. The minimum absolute atomic E-state index is 0.110. The van der Waals surface area contributed by atoms with Crippen molar-refractivity contribution in [3.63, 3.8) is 0 Å². The average Bonchev–Trinajstić information content (AvgIpc) is 2.98. The van der Waals surface area contributed by atoms with E-state index in [9.17, 15) is 14.0 Å². The fourth-order valence-electron chi connectivity index (χ4n) is 2.64. The van der Waals surface area contributed by atoms with Gasteiger partial charge in [-0.3, -0.25) is 9.59 Å². The Morgan fingerprint density at radius 1 is 1.30 bits per heavy atom. The van der Waals surface area contributed by atoms with Crippen molar-refractivity contribution in [1.82, 2.24) is 9.99 Å². The number of hydrazone groups is 1. The minimum atomic E-state index is -0.983. The molecule has 0 aliphatic carbocycles. The Morgan fingerprint density at radius 2 is 2.07 bits per heavy atom. The van der Waals surface area contributed by atoms with Gasteiger partial charge >= 0.3 is 5.97 Å². The molecule has 8 heteroatoms. The van der Waals surface area contributed by atoms with Gasteiger partial charge in [-0.15, -0.1) is 0 Å². The van der Waals surface area contributed by atoms with E-state index in [2.05, 4.69) is 10.5 Å². The molecule has 1 amide bonds. The predicted molar refractivity (Wildman–Crippen MR) is 95.7 cm³/mol. The zero-order valence-corrected chi connectivity index (χ0v) is 13.9. The first-order valence-electron chi connectivity index (χ1n) is 7.82. The lowest BCUT2D eigenvalue weighted by atomic mass is 10.1. The van der Waals surface area contributed by atoms with Crippen molar-refractivity contribution in [2.24, 2.45) is 5.10 Å². The average molecular weight is 364 g/mol. The van der Waals surface area contributed by atoms with E-state index in [0.717, 1.165) is 11.5 Å². The molecular weight excluding hydrogens is 351 g/mol. The number of nitriles is 1. The van der Waals surface area contributed by atoms with Gasteiger partial charge in [0.15, 0.2) is 0 Å². The van der Waals surface area contributed by atoms with Gasteiger partial charge in [0.05, 0.1) is 23.4 Å². The van der Waals surface area contributed by atoms with Gasteiger partial charge in [0.2, 0.25) is 0 Å². The van der Waals surface area contributed by atoms with Crippen molar-refractivity contribution in [1.29, 1.82) is 5.26 Å². The van der Waals surface area contributed by atoms with Crippen LogP contribution >= 0.6 is 0 Å². The van der Waals surface area contributed by atoms with Gasteiger partial charge in [-0.25, -0.2) is 9.82 Å². The van der Waals surface area contributed by atoms with Gasteiger partial charge in [0.25, 0.3) is 5.91 Å². The maximum atomic E-state index is 13.8. The standard InChI is InChI=1S/C19H13FN4O3/c20-16-7-12(8-21)5-6-15(16)19(27)23-22-9-13-10-24(11-18(25)26)17-4-2-1-3-14(13)17/h1-7,9-10H,11H2,(H,23,27)(H,25,26)/b22-9-. The predicted octanol–water partition coefficient (Wildman–Crippen LogP) is 2.50. The molecule has 0 unspecified atom stereocenters. The zero-order valence-electron chi connectivity index (χ0n) is 13.9. The summed E-state index contributed by atoms with van der Waals surface area (Å²) in [6.45, 7) is -0.211. The molecular formula is C19H13FN4O3. The van der Waals surface area contributed by atoms with Crippen LogP contribution in [0.2, 0.25) is 0 Å². The molecule has 0 aliphatic heterocycles. The number of amides is 1. The second-order valence-electron chi connectivity index (χ2n) is 5.63. The van der Waals surface area contributed by atoms with Crippen LogP contribution in [0.5, 0.6) is 0 Å². The summed E-state index contributed by atoms with van der Waals surface area (Å²) < 4.78 is 15.4. The number of nitrogens with one attached hydrogen (secondary N) is 1. The monoisotopic (exact) mass is 364 g/mol. The molecule has 7 nitrogen and oxygen atoms in total. The molecule has 2 aromatic carbocycles. The van der Waals surface area contributed by atoms with Gasteiger partial charge in [-0.2, -0.15) is 10.4 Å². The van der Waals surface area contributed by atoms with Crippen LogP contribution in [-0.4, -0.2) is 27.8 Å². The second-order valence-corrected chi connectivity index (χ2v) is 5.63. The molecule has 3 aromatic rings. The highest BCUT2D eigenvalue weighted by Crippen LogP contribution is 2.20. The number of halogens is 1. The number of carbonyl (C=O) groups is 2. The molecule has 3 rings (SSSR count). The maximum Gasteiger partial charge on any atom is 0.323 e. The highest BCUT2D eigenvalue weighted by Gasteiger charge is 2.12. The van der Waals surface area contributed by atoms with Gasteiger partial charge in [0, 0.05) is 22.7 Å². The molecule has 0 bridgehead atoms. The van der Waals surface area contributed by atoms with E-state index in [4.69, 9.17) is 10.4 Å². The molecule has 27 heavy (non-hydrogen) atoms. The summed E-state index contributed by atoms with van der Waals surface area (Å²) in [6, 6.07) is 12.5. The van der Waals surface area contributed by atoms with E-state index >= 15 is 0 Å². The molecule has 1 heterocycles. The van der Waals surface area contributed by atoms with Crippen LogP contribution in [0, 0.1) is 17.1 Å². The molecule has 2 N–H and O–H groups in total. The van der Waals surface area contributed by atoms with E-state index < -0.39 is 17.7 Å². The summed E-state index contributed by atoms with van der Waals surface area (Å²) in [6.07, 6.45) is 2.97. The molecule has 0 atom stereocenters. The molecule has 1 aromatic heterocycles. The first-order chi connectivity index (χ1) is 13.0. The molecule has 0 spiro atoms. The number of aromatic nitrogens is 1. The zero-order chi connectivity index (χ0) is 19.4. The van der Waals surface area contributed by atoms with Crippen molar-refractivity contribution in [2.75, 3.05) is 0 Å². The Labute approximate surface area is 153 Å². The number of nitrogens with zero attached hydrogens (tertiary/aromatic N) is 3. The summed E-state index contributed by atoms with van der Waals surface area (Å²) in [5.74, 6) is -2.56. The Morgan fingerprint density at radius 3 is 2.78 bits per heavy atom. The van der Waals surface area contributed by atoms with Crippen molar-refractivity contribution < 1.29 is 19.1 Å². The number of carboxylic acid groups (broad SMARTS) is 1. The number of rotatable bonds is 5. The number of hydrogen-bond donors (Lipinski definition) is 2. The number of carbonyl (C=O) groups excluding carboxylic acids is 1. The summed E-state index contributed by atoms with van der Waals surface area (Å²) in [5, 5.41) is 22.3. The highest BCUT2D eigenvalue weighted by molar-refractivity contribution is 6.01. The lowest BCUT2D eigenvalue weighted by Gasteiger charge is -2.01. The Kier molecular flexibility index (Phi) is 4.95. The largest absolute Gasteiger partial charge is 0.480 e. The van der Waals surface area contributed by atoms with Crippen LogP contribution in [0.25, 0.3) is 10.9 Å². The first kappa shape index (κ1) is 17.8. The molecule has 0 radical (unpaired) electrons. The van der Waals surface area contributed by atoms with E-state index in [0.29, 0.717) is 11.1 Å². The Balaban J connectivity index is 1.81. The third kappa shape index (κ3) is 3.82. The van der Waals surface area contributed by atoms with E-state index in [1.165, 1.54) is 18.3 Å². The number of fused-ring (bicyclic) bond motifs is 1. The molecule has 134 valence electrons. The SMILES string of the molecule is N#Cc1ccc(C(=O)N/N=C\c2cn(CC(=O)O)c3ccccc23)c(F)c1. The fraction of sp³-hybridized carbons (Fsp3) is 0.0526. The summed E-state index contributed by atoms with van der Waals surface area (Å²) >= 11 is 0. The molecule has 0 aliphatic rings. The molecule has 0 fully saturated rings. The number of benzene rings is 2.